The Morgan fingerprint density at radius 1 is 1.42 bits per heavy atom. The Morgan fingerprint density at radius 3 is 2.79 bits per heavy atom. The minimum Gasteiger partial charge on any atom is -0.481 e. The molecule has 1 aliphatic heterocycles. The van der Waals surface area contributed by atoms with Gasteiger partial charge >= 0.3 is 12.0 Å². The first-order valence-electron chi connectivity index (χ1n) is 6.91. The van der Waals surface area contributed by atoms with E-state index in [9.17, 15) is 9.59 Å². The van der Waals surface area contributed by atoms with Crippen molar-refractivity contribution in [3.05, 3.63) is 0 Å². The summed E-state index contributed by atoms with van der Waals surface area (Å²) in [4.78, 5) is 22.2. The molecule has 2 fully saturated rings. The molecule has 108 valence electrons. The van der Waals surface area contributed by atoms with Gasteiger partial charge in [-0.2, -0.15) is 0 Å². The van der Waals surface area contributed by atoms with Crippen molar-refractivity contribution in [1.82, 2.24) is 10.6 Å². The third-order valence-corrected chi connectivity index (χ3v) is 3.85. The average molecular weight is 270 g/mol. The van der Waals surface area contributed by atoms with E-state index in [0.29, 0.717) is 25.5 Å². The van der Waals surface area contributed by atoms with Gasteiger partial charge in [0.25, 0.3) is 0 Å². The summed E-state index contributed by atoms with van der Waals surface area (Å²) in [6.07, 6.45) is 3.84. The molecule has 0 aromatic carbocycles. The molecule has 2 atom stereocenters. The van der Waals surface area contributed by atoms with Gasteiger partial charge in [-0.1, -0.05) is 0 Å². The second-order valence-electron chi connectivity index (χ2n) is 5.67. The monoisotopic (exact) mass is 270 g/mol. The minimum absolute atomic E-state index is 0.0748. The van der Waals surface area contributed by atoms with E-state index < -0.39 is 5.97 Å². The van der Waals surface area contributed by atoms with Crippen molar-refractivity contribution in [2.24, 2.45) is 5.92 Å². The number of aliphatic carboxylic acids is 1. The topological polar surface area (TPSA) is 87.7 Å². The van der Waals surface area contributed by atoms with E-state index in [-0.39, 0.29) is 24.1 Å². The third-order valence-electron chi connectivity index (χ3n) is 3.85. The van der Waals surface area contributed by atoms with Gasteiger partial charge in [0.2, 0.25) is 0 Å². The van der Waals surface area contributed by atoms with Crippen LogP contribution in [0.5, 0.6) is 0 Å². The van der Waals surface area contributed by atoms with Crippen molar-refractivity contribution < 1.29 is 19.4 Å². The van der Waals surface area contributed by atoms with Crippen molar-refractivity contribution in [1.29, 1.82) is 0 Å². The van der Waals surface area contributed by atoms with E-state index in [0.717, 1.165) is 6.42 Å². The summed E-state index contributed by atoms with van der Waals surface area (Å²) in [5.41, 5.74) is -0.294. The molecule has 2 unspecified atom stereocenters. The standard InChI is InChI=1S/C13H22N2O4/c1-13(6-8-19-11(13)9-4-5-9)15-12(18)14-7-2-3-10(16)17/h9,11H,2-8H2,1H3,(H,16,17)(H2,14,15,18). The maximum Gasteiger partial charge on any atom is 0.315 e. The second kappa shape index (κ2) is 5.77. The number of rotatable bonds is 6. The summed E-state index contributed by atoms with van der Waals surface area (Å²) in [6, 6.07) is -0.232. The quantitative estimate of drug-likeness (QED) is 0.631. The third kappa shape index (κ3) is 3.83. The smallest absolute Gasteiger partial charge is 0.315 e. The fourth-order valence-corrected chi connectivity index (χ4v) is 2.66. The molecule has 2 rings (SSSR count). The molecule has 0 radical (unpaired) electrons. The largest absolute Gasteiger partial charge is 0.481 e. The van der Waals surface area contributed by atoms with Gasteiger partial charge < -0.3 is 20.5 Å². The molecule has 6 heteroatoms. The minimum atomic E-state index is -0.841. The molecule has 6 nitrogen and oxygen atoms in total. The summed E-state index contributed by atoms with van der Waals surface area (Å²) in [7, 11) is 0. The summed E-state index contributed by atoms with van der Waals surface area (Å²) >= 11 is 0. The van der Waals surface area contributed by atoms with E-state index in [1.54, 1.807) is 0 Å². The molecule has 0 spiro atoms. The van der Waals surface area contributed by atoms with Gasteiger partial charge in [-0.15, -0.1) is 0 Å². The lowest BCUT2D eigenvalue weighted by molar-refractivity contribution is -0.137. The van der Waals surface area contributed by atoms with Crippen LogP contribution in [0.4, 0.5) is 4.79 Å². The molecular weight excluding hydrogens is 248 g/mol. The molecule has 0 aromatic rings. The van der Waals surface area contributed by atoms with E-state index in [1.807, 2.05) is 6.92 Å². The molecule has 2 amide bonds. The zero-order valence-corrected chi connectivity index (χ0v) is 11.3. The van der Waals surface area contributed by atoms with Crippen LogP contribution < -0.4 is 10.6 Å². The Balaban J connectivity index is 1.73. The first kappa shape index (κ1) is 14.1. The number of carboxylic acid groups (broad SMARTS) is 1. The number of carbonyl (C=O) groups is 2. The molecule has 0 bridgehead atoms. The van der Waals surface area contributed by atoms with E-state index in [4.69, 9.17) is 9.84 Å². The van der Waals surface area contributed by atoms with Crippen molar-refractivity contribution in [2.45, 2.75) is 50.7 Å². The zero-order chi connectivity index (χ0) is 13.9. The number of hydrogen-bond donors (Lipinski definition) is 3. The highest BCUT2D eigenvalue weighted by atomic mass is 16.5. The molecular formula is C13H22N2O4. The molecule has 0 aromatic heterocycles. The van der Waals surface area contributed by atoms with Crippen LogP contribution >= 0.6 is 0 Å². The second-order valence-corrected chi connectivity index (χ2v) is 5.67. The maximum atomic E-state index is 11.8. The van der Waals surface area contributed by atoms with Crippen LogP contribution in [-0.2, 0) is 9.53 Å². The molecule has 1 heterocycles. The Kier molecular flexibility index (Phi) is 4.29. The van der Waals surface area contributed by atoms with Gasteiger partial charge in [-0.25, -0.2) is 4.79 Å². The fourth-order valence-electron chi connectivity index (χ4n) is 2.66. The van der Waals surface area contributed by atoms with Crippen LogP contribution in [0.15, 0.2) is 0 Å². The molecule has 1 saturated carbocycles. The highest BCUT2D eigenvalue weighted by molar-refractivity contribution is 5.75. The Bertz CT molecular complexity index is 357. The van der Waals surface area contributed by atoms with Crippen molar-refractivity contribution in [2.75, 3.05) is 13.2 Å². The number of carbonyl (C=O) groups excluding carboxylic acids is 1. The van der Waals surface area contributed by atoms with Gasteiger partial charge in [0.1, 0.15) is 0 Å². The Labute approximate surface area is 112 Å². The van der Waals surface area contributed by atoms with Crippen LogP contribution in [-0.4, -0.2) is 41.9 Å². The van der Waals surface area contributed by atoms with E-state index in [2.05, 4.69) is 10.6 Å². The molecule has 2 aliphatic rings. The van der Waals surface area contributed by atoms with Gasteiger partial charge in [-0.3, -0.25) is 4.79 Å². The van der Waals surface area contributed by atoms with Crippen molar-refractivity contribution in [3.8, 4) is 0 Å². The summed E-state index contributed by atoms with van der Waals surface area (Å²) < 4.78 is 5.73. The van der Waals surface area contributed by atoms with Crippen LogP contribution in [0.25, 0.3) is 0 Å². The number of nitrogens with one attached hydrogen (secondary N) is 2. The SMILES string of the molecule is CC1(NC(=O)NCCCC(=O)O)CCOC1C1CC1. The lowest BCUT2D eigenvalue weighted by Gasteiger charge is -2.31. The van der Waals surface area contributed by atoms with Crippen LogP contribution in [0.1, 0.15) is 39.0 Å². The number of urea groups is 1. The van der Waals surface area contributed by atoms with Crippen LogP contribution in [0, 0.1) is 5.92 Å². The van der Waals surface area contributed by atoms with E-state index in [1.165, 1.54) is 12.8 Å². The number of carboxylic acids is 1. The average Bonchev–Trinajstić information content (AvgIpc) is 3.09. The lowest BCUT2D eigenvalue weighted by Crippen LogP contribution is -2.55. The number of ether oxygens (including phenoxy) is 1. The van der Waals surface area contributed by atoms with Crippen molar-refractivity contribution >= 4 is 12.0 Å². The van der Waals surface area contributed by atoms with Crippen LogP contribution in [0.2, 0.25) is 0 Å². The molecule has 3 N–H and O–H groups in total. The predicted molar refractivity (Wildman–Crippen MR) is 68.9 cm³/mol. The first-order valence-corrected chi connectivity index (χ1v) is 6.91. The van der Waals surface area contributed by atoms with Gasteiger partial charge in [0.15, 0.2) is 0 Å². The molecule has 1 saturated heterocycles. The summed E-state index contributed by atoms with van der Waals surface area (Å²) in [5.74, 6) is -0.257. The zero-order valence-electron chi connectivity index (χ0n) is 11.3. The Hall–Kier alpha value is -1.30. The van der Waals surface area contributed by atoms with Gasteiger partial charge in [0, 0.05) is 19.6 Å². The molecule has 1 aliphatic carbocycles. The van der Waals surface area contributed by atoms with Gasteiger partial charge in [0.05, 0.1) is 11.6 Å². The lowest BCUT2D eigenvalue weighted by atomic mass is 9.90. The fraction of sp³-hybridized carbons (Fsp3) is 0.846. The predicted octanol–water partition coefficient (Wildman–Crippen LogP) is 1.11. The maximum absolute atomic E-state index is 11.8. The summed E-state index contributed by atoms with van der Waals surface area (Å²) in [6.45, 7) is 3.10. The molecule has 19 heavy (non-hydrogen) atoms. The highest BCUT2D eigenvalue weighted by Crippen LogP contribution is 2.43. The number of hydrogen-bond acceptors (Lipinski definition) is 3. The van der Waals surface area contributed by atoms with Crippen molar-refractivity contribution in [3.63, 3.8) is 0 Å². The first-order chi connectivity index (χ1) is 9.01. The van der Waals surface area contributed by atoms with E-state index >= 15 is 0 Å². The summed E-state index contributed by atoms with van der Waals surface area (Å²) in [5, 5.41) is 14.2. The normalized spacial score (nSPS) is 30.1. The van der Waals surface area contributed by atoms with Gasteiger partial charge in [-0.05, 0) is 38.5 Å². The number of amides is 2. The highest BCUT2D eigenvalue weighted by Gasteiger charge is 2.48. The Morgan fingerprint density at radius 2 is 2.16 bits per heavy atom. The van der Waals surface area contributed by atoms with Crippen LogP contribution in [0.3, 0.4) is 0 Å².